The first-order valence-electron chi connectivity index (χ1n) is 8.37. The molecule has 0 bridgehead atoms. The van der Waals surface area contributed by atoms with Gasteiger partial charge in [-0.1, -0.05) is 42.5 Å². The molecule has 0 spiro atoms. The van der Waals surface area contributed by atoms with Crippen LogP contribution < -0.4 is 15.4 Å². The Morgan fingerprint density at radius 2 is 1.52 bits per heavy atom. The predicted octanol–water partition coefficient (Wildman–Crippen LogP) is 2.10. The van der Waals surface area contributed by atoms with Crippen molar-refractivity contribution in [1.29, 1.82) is 0 Å². The summed E-state index contributed by atoms with van der Waals surface area (Å²) in [6.07, 6.45) is 1.78. The van der Waals surface area contributed by atoms with Crippen LogP contribution in [0.3, 0.4) is 0 Å². The van der Waals surface area contributed by atoms with E-state index in [9.17, 15) is 9.59 Å². The number of benzene rings is 2. The van der Waals surface area contributed by atoms with Crippen molar-refractivity contribution in [1.82, 2.24) is 10.6 Å². The van der Waals surface area contributed by atoms with E-state index in [2.05, 4.69) is 10.6 Å². The standard InChI is InChI=1S/C20H24N2O3/c1-25-18-10-7-17(8-11-18)13-14-21-20(24)15-22-19(23)12-9-16-5-3-2-4-6-16/h2-8,10-11H,9,12-15H2,1H3,(H,21,24)(H,22,23). The van der Waals surface area contributed by atoms with E-state index in [1.807, 2.05) is 54.6 Å². The highest BCUT2D eigenvalue weighted by Crippen LogP contribution is 2.11. The number of aryl methyl sites for hydroxylation is 1. The molecule has 0 aliphatic carbocycles. The number of ether oxygens (including phenoxy) is 1. The highest BCUT2D eigenvalue weighted by molar-refractivity contribution is 5.84. The topological polar surface area (TPSA) is 67.4 Å². The van der Waals surface area contributed by atoms with Gasteiger partial charge < -0.3 is 15.4 Å². The zero-order chi connectivity index (χ0) is 17.9. The molecule has 132 valence electrons. The molecule has 2 rings (SSSR count). The second-order valence-corrected chi connectivity index (χ2v) is 5.71. The van der Waals surface area contributed by atoms with Crippen molar-refractivity contribution < 1.29 is 14.3 Å². The maximum atomic E-state index is 11.8. The van der Waals surface area contributed by atoms with Crippen LogP contribution >= 0.6 is 0 Å². The Kier molecular flexibility index (Phi) is 7.50. The lowest BCUT2D eigenvalue weighted by Gasteiger charge is -2.08. The molecule has 0 aromatic heterocycles. The van der Waals surface area contributed by atoms with E-state index >= 15 is 0 Å². The molecular weight excluding hydrogens is 316 g/mol. The minimum absolute atomic E-state index is 0.0102. The maximum absolute atomic E-state index is 11.8. The number of amides is 2. The van der Waals surface area contributed by atoms with Crippen LogP contribution in [0.2, 0.25) is 0 Å². The van der Waals surface area contributed by atoms with Crippen LogP contribution in [0.25, 0.3) is 0 Å². The minimum Gasteiger partial charge on any atom is -0.497 e. The van der Waals surface area contributed by atoms with Gasteiger partial charge in [0.25, 0.3) is 0 Å². The molecular formula is C20H24N2O3. The number of carbonyl (C=O) groups excluding carboxylic acids is 2. The summed E-state index contributed by atoms with van der Waals surface area (Å²) in [6.45, 7) is 0.543. The summed E-state index contributed by atoms with van der Waals surface area (Å²) in [4.78, 5) is 23.5. The smallest absolute Gasteiger partial charge is 0.239 e. The summed E-state index contributed by atoms with van der Waals surface area (Å²) in [5, 5.41) is 5.45. The number of methoxy groups -OCH3 is 1. The van der Waals surface area contributed by atoms with Gasteiger partial charge in [0.1, 0.15) is 5.75 Å². The van der Waals surface area contributed by atoms with Gasteiger partial charge >= 0.3 is 0 Å². The fraction of sp³-hybridized carbons (Fsp3) is 0.300. The molecule has 2 aromatic carbocycles. The molecule has 0 fully saturated rings. The first-order valence-corrected chi connectivity index (χ1v) is 8.37. The van der Waals surface area contributed by atoms with E-state index < -0.39 is 0 Å². The lowest BCUT2D eigenvalue weighted by molar-refractivity contribution is -0.126. The summed E-state index contributed by atoms with van der Waals surface area (Å²) < 4.78 is 5.10. The summed E-state index contributed by atoms with van der Waals surface area (Å²) in [7, 11) is 1.63. The number of hydrogen-bond acceptors (Lipinski definition) is 3. The average Bonchev–Trinajstić information content (AvgIpc) is 2.66. The molecule has 0 saturated carbocycles. The largest absolute Gasteiger partial charge is 0.497 e. The van der Waals surface area contributed by atoms with Gasteiger partial charge in [0.05, 0.1) is 13.7 Å². The normalized spacial score (nSPS) is 10.1. The molecule has 0 radical (unpaired) electrons. The lowest BCUT2D eigenvalue weighted by Crippen LogP contribution is -2.37. The van der Waals surface area contributed by atoms with Gasteiger partial charge in [0, 0.05) is 13.0 Å². The van der Waals surface area contributed by atoms with Crippen LogP contribution in [0, 0.1) is 0 Å². The van der Waals surface area contributed by atoms with Crippen molar-refractivity contribution >= 4 is 11.8 Å². The van der Waals surface area contributed by atoms with Crippen molar-refractivity contribution in [3.8, 4) is 5.75 Å². The van der Waals surface area contributed by atoms with Gasteiger partial charge in [0.15, 0.2) is 0 Å². The maximum Gasteiger partial charge on any atom is 0.239 e. The van der Waals surface area contributed by atoms with Gasteiger partial charge in [-0.2, -0.15) is 0 Å². The highest BCUT2D eigenvalue weighted by Gasteiger charge is 2.05. The fourth-order valence-electron chi connectivity index (χ4n) is 2.37. The molecule has 0 atom stereocenters. The molecule has 25 heavy (non-hydrogen) atoms. The third-order valence-corrected chi connectivity index (χ3v) is 3.82. The number of carbonyl (C=O) groups is 2. The minimum atomic E-state index is -0.179. The number of nitrogens with one attached hydrogen (secondary N) is 2. The van der Waals surface area contributed by atoms with E-state index in [1.165, 1.54) is 0 Å². The van der Waals surface area contributed by atoms with E-state index in [1.54, 1.807) is 7.11 Å². The molecule has 2 aromatic rings. The van der Waals surface area contributed by atoms with Crippen molar-refractivity contribution in [3.05, 3.63) is 65.7 Å². The zero-order valence-electron chi connectivity index (χ0n) is 14.5. The third kappa shape index (κ3) is 7.08. The first kappa shape index (κ1) is 18.5. The van der Waals surface area contributed by atoms with Gasteiger partial charge in [-0.25, -0.2) is 0 Å². The fourth-order valence-corrected chi connectivity index (χ4v) is 2.37. The van der Waals surface area contributed by atoms with E-state index in [0.29, 0.717) is 19.4 Å². The molecule has 0 saturated heterocycles. The highest BCUT2D eigenvalue weighted by atomic mass is 16.5. The molecule has 2 N–H and O–H groups in total. The molecule has 5 nitrogen and oxygen atoms in total. The van der Waals surface area contributed by atoms with E-state index in [4.69, 9.17) is 4.74 Å². The summed E-state index contributed by atoms with van der Waals surface area (Å²) >= 11 is 0. The Bertz CT molecular complexity index is 669. The Labute approximate surface area is 148 Å². The molecule has 0 heterocycles. The average molecular weight is 340 g/mol. The zero-order valence-corrected chi connectivity index (χ0v) is 14.5. The Hall–Kier alpha value is -2.82. The lowest BCUT2D eigenvalue weighted by atomic mass is 10.1. The summed E-state index contributed by atoms with van der Waals surface area (Å²) in [6, 6.07) is 17.5. The monoisotopic (exact) mass is 340 g/mol. The van der Waals surface area contributed by atoms with Crippen molar-refractivity contribution in [2.45, 2.75) is 19.3 Å². The van der Waals surface area contributed by atoms with Gasteiger partial charge in [-0.05, 0) is 36.1 Å². The third-order valence-electron chi connectivity index (χ3n) is 3.82. The van der Waals surface area contributed by atoms with Crippen LogP contribution in [0.4, 0.5) is 0 Å². The Morgan fingerprint density at radius 1 is 0.840 bits per heavy atom. The van der Waals surface area contributed by atoms with E-state index in [-0.39, 0.29) is 18.4 Å². The number of rotatable bonds is 9. The Morgan fingerprint density at radius 3 is 2.20 bits per heavy atom. The quantitative estimate of drug-likeness (QED) is 0.735. The van der Waals surface area contributed by atoms with Crippen molar-refractivity contribution in [2.24, 2.45) is 0 Å². The van der Waals surface area contributed by atoms with Crippen LogP contribution in [-0.4, -0.2) is 32.0 Å². The van der Waals surface area contributed by atoms with Crippen molar-refractivity contribution in [2.75, 3.05) is 20.2 Å². The second kappa shape index (κ2) is 10.1. The molecule has 0 unspecified atom stereocenters. The van der Waals surface area contributed by atoms with Gasteiger partial charge in [0.2, 0.25) is 11.8 Å². The predicted molar refractivity (Wildman–Crippen MR) is 97.5 cm³/mol. The van der Waals surface area contributed by atoms with Crippen LogP contribution in [0.1, 0.15) is 17.5 Å². The molecule has 0 aliphatic heterocycles. The SMILES string of the molecule is COc1ccc(CCNC(=O)CNC(=O)CCc2ccccc2)cc1. The number of hydrogen-bond donors (Lipinski definition) is 2. The van der Waals surface area contributed by atoms with Crippen LogP contribution in [0.5, 0.6) is 5.75 Å². The summed E-state index contributed by atoms with van der Waals surface area (Å²) in [5.41, 5.74) is 2.23. The molecule has 0 aliphatic rings. The second-order valence-electron chi connectivity index (χ2n) is 5.71. The first-order chi connectivity index (χ1) is 12.2. The van der Waals surface area contributed by atoms with Gasteiger partial charge in [-0.3, -0.25) is 9.59 Å². The Balaban J connectivity index is 1.59. The van der Waals surface area contributed by atoms with Crippen LogP contribution in [-0.2, 0) is 22.4 Å². The van der Waals surface area contributed by atoms with E-state index in [0.717, 1.165) is 23.3 Å². The summed E-state index contributed by atoms with van der Waals surface area (Å²) in [5.74, 6) is 0.515. The van der Waals surface area contributed by atoms with Crippen molar-refractivity contribution in [3.63, 3.8) is 0 Å². The molecule has 2 amide bonds. The van der Waals surface area contributed by atoms with Gasteiger partial charge in [-0.15, -0.1) is 0 Å². The van der Waals surface area contributed by atoms with Crippen LogP contribution in [0.15, 0.2) is 54.6 Å². The molecule has 5 heteroatoms.